The SMILES string of the molecule is O=C1NC(=O)C(=Cc2cc(Cl)c(OCc3cccc(F)c3)c(Cl)c2)C(=O)N1. The van der Waals surface area contributed by atoms with Crippen molar-refractivity contribution in [3.05, 3.63) is 69.0 Å². The topological polar surface area (TPSA) is 84.5 Å². The maximum atomic E-state index is 13.2. The number of nitrogens with one attached hydrogen (secondary N) is 2. The second kappa shape index (κ2) is 7.77. The van der Waals surface area contributed by atoms with E-state index < -0.39 is 23.7 Å². The van der Waals surface area contributed by atoms with Gasteiger partial charge >= 0.3 is 6.03 Å². The van der Waals surface area contributed by atoms with Gasteiger partial charge in [0.05, 0.1) is 10.0 Å². The number of imide groups is 2. The van der Waals surface area contributed by atoms with Crippen LogP contribution in [0.2, 0.25) is 10.0 Å². The highest BCUT2D eigenvalue weighted by Crippen LogP contribution is 2.35. The lowest BCUT2D eigenvalue weighted by Crippen LogP contribution is -2.51. The lowest BCUT2D eigenvalue weighted by atomic mass is 10.1. The molecular weight excluding hydrogens is 398 g/mol. The molecule has 27 heavy (non-hydrogen) atoms. The third-order valence-corrected chi connectivity index (χ3v) is 4.11. The van der Waals surface area contributed by atoms with E-state index in [1.54, 1.807) is 12.1 Å². The highest BCUT2D eigenvalue weighted by molar-refractivity contribution is 6.37. The maximum Gasteiger partial charge on any atom is 0.328 e. The van der Waals surface area contributed by atoms with E-state index in [0.717, 1.165) is 0 Å². The Labute approximate surface area is 162 Å². The van der Waals surface area contributed by atoms with Crippen molar-refractivity contribution in [1.82, 2.24) is 10.6 Å². The minimum atomic E-state index is -0.890. The number of carbonyl (C=O) groups is 3. The zero-order valence-electron chi connectivity index (χ0n) is 13.5. The number of rotatable bonds is 4. The van der Waals surface area contributed by atoms with Gasteiger partial charge in [0.1, 0.15) is 18.0 Å². The summed E-state index contributed by atoms with van der Waals surface area (Å²) in [5, 5.41) is 4.20. The summed E-state index contributed by atoms with van der Waals surface area (Å²) in [6.07, 6.45) is 1.24. The molecule has 2 aromatic rings. The molecule has 0 aromatic heterocycles. The van der Waals surface area contributed by atoms with E-state index in [1.807, 2.05) is 10.6 Å². The summed E-state index contributed by atoms with van der Waals surface area (Å²) < 4.78 is 18.8. The van der Waals surface area contributed by atoms with Gasteiger partial charge in [0.2, 0.25) is 0 Å². The van der Waals surface area contributed by atoms with Gasteiger partial charge in [-0.25, -0.2) is 9.18 Å². The van der Waals surface area contributed by atoms with E-state index in [1.165, 1.54) is 30.3 Å². The molecule has 1 heterocycles. The number of amides is 4. The summed E-state index contributed by atoms with van der Waals surface area (Å²) in [5.74, 6) is -1.87. The van der Waals surface area contributed by atoms with E-state index >= 15 is 0 Å². The quantitative estimate of drug-likeness (QED) is 0.599. The Morgan fingerprint density at radius 1 is 1.00 bits per heavy atom. The highest BCUT2D eigenvalue weighted by Gasteiger charge is 2.27. The van der Waals surface area contributed by atoms with E-state index in [0.29, 0.717) is 11.1 Å². The van der Waals surface area contributed by atoms with Crippen molar-refractivity contribution in [3.8, 4) is 5.75 Å². The molecule has 138 valence electrons. The van der Waals surface area contributed by atoms with Crippen molar-refractivity contribution in [2.24, 2.45) is 0 Å². The Balaban J connectivity index is 1.82. The Morgan fingerprint density at radius 2 is 1.63 bits per heavy atom. The normalized spacial score (nSPS) is 13.9. The van der Waals surface area contributed by atoms with Crippen LogP contribution in [0.1, 0.15) is 11.1 Å². The average molecular weight is 409 g/mol. The van der Waals surface area contributed by atoms with Crippen molar-refractivity contribution in [3.63, 3.8) is 0 Å². The van der Waals surface area contributed by atoms with Gasteiger partial charge in [-0.1, -0.05) is 35.3 Å². The summed E-state index contributed by atoms with van der Waals surface area (Å²) in [5.41, 5.74) is 0.682. The molecule has 0 bridgehead atoms. The smallest absolute Gasteiger partial charge is 0.328 e. The predicted octanol–water partition coefficient (Wildman–Crippen LogP) is 3.46. The molecule has 1 saturated heterocycles. The van der Waals surface area contributed by atoms with Crippen LogP contribution in [0.5, 0.6) is 5.75 Å². The summed E-state index contributed by atoms with van der Waals surface area (Å²) >= 11 is 12.4. The first-order valence-corrected chi connectivity index (χ1v) is 8.34. The van der Waals surface area contributed by atoms with Crippen LogP contribution in [0.4, 0.5) is 9.18 Å². The molecule has 4 amide bonds. The van der Waals surface area contributed by atoms with E-state index in [9.17, 15) is 18.8 Å². The van der Waals surface area contributed by atoms with Crippen LogP contribution in [-0.4, -0.2) is 17.8 Å². The van der Waals surface area contributed by atoms with E-state index in [4.69, 9.17) is 27.9 Å². The Kier molecular flexibility index (Phi) is 5.43. The Bertz CT molecular complexity index is 946. The van der Waals surface area contributed by atoms with Gasteiger partial charge in [0.15, 0.2) is 5.75 Å². The first kappa shape index (κ1) is 18.9. The molecule has 2 aromatic carbocycles. The van der Waals surface area contributed by atoms with Crippen LogP contribution in [0.25, 0.3) is 6.08 Å². The fourth-order valence-corrected chi connectivity index (χ4v) is 2.97. The summed E-state index contributed by atoms with van der Waals surface area (Å²) in [7, 11) is 0. The number of urea groups is 1. The highest BCUT2D eigenvalue weighted by atomic mass is 35.5. The second-order valence-electron chi connectivity index (χ2n) is 5.53. The summed E-state index contributed by atoms with van der Waals surface area (Å²) in [4.78, 5) is 34.6. The minimum Gasteiger partial charge on any atom is -0.486 e. The van der Waals surface area contributed by atoms with Crippen LogP contribution in [0.3, 0.4) is 0 Å². The number of hydrogen-bond donors (Lipinski definition) is 2. The van der Waals surface area contributed by atoms with Crippen LogP contribution >= 0.6 is 23.2 Å². The first-order chi connectivity index (χ1) is 12.8. The number of carbonyl (C=O) groups excluding carboxylic acids is 3. The second-order valence-corrected chi connectivity index (χ2v) is 6.34. The molecule has 9 heteroatoms. The van der Waals surface area contributed by atoms with Crippen LogP contribution in [0.15, 0.2) is 42.0 Å². The molecule has 0 unspecified atom stereocenters. The van der Waals surface area contributed by atoms with Gasteiger partial charge < -0.3 is 4.74 Å². The molecule has 0 aliphatic carbocycles. The Hall–Kier alpha value is -2.90. The molecule has 0 spiro atoms. The van der Waals surface area contributed by atoms with Gasteiger partial charge in [0, 0.05) is 0 Å². The molecule has 0 radical (unpaired) electrons. The molecule has 1 aliphatic heterocycles. The van der Waals surface area contributed by atoms with Crippen molar-refractivity contribution < 1.29 is 23.5 Å². The van der Waals surface area contributed by atoms with Crippen molar-refractivity contribution in [1.29, 1.82) is 0 Å². The third-order valence-electron chi connectivity index (χ3n) is 3.55. The average Bonchev–Trinajstić information content (AvgIpc) is 2.57. The largest absolute Gasteiger partial charge is 0.486 e. The molecular formula is C18H11Cl2FN2O4. The van der Waals surface area contributed by atoms with Gasteiger partial charge in [0.25, 0.3) is 11.8 Å². The van der Waals surface area contributed by atoms with Gasteiger partial charge in [-0.2, -0.15) is 0 Å². The van der Waals surface area contributed by atoms with Gasteiger partial charge in [-0.05, 0) is 41.5 Å². The molecule has 1 fully saturated rings. The minimum absolute atomic E-state index is 0.0462. The molecule has 2 N–H and O–H groups in total. The molecule has 6 nitrogen and oxygen atoms in total. The monoisotopic (exact) mass is 408 g/mol. The third kappa shape index (κ3) is 4.45. The van der Waals surface area contributed by atoms with Gasteiger partial charge in [-0.3, -0.25) is 20.2 Å². The first-order valence-electron chi connectivity index (χ1n) is 7.58. The van der Waals surface area contributed by atoms with Crippen LogP contribution in [0, 0.1) is 5.82 Å². The fraction of sp³-hybridized carbons (Fsp3) is 0.0556. The lowest BCUT2D eigenvalue weighted by Gasteiger charge is -2.14. The molecule has 0 saturated carbocycles. The molecule has 1 aliphatic rings. The van der Waals surface area contributed by atoms with E-state index in [2.05, 4.69) is 0 Å². The maximum absolute atomic E-state index is 13.2. The summed E-state index contributed by atoms with van der Waals surface area (Å²) in [6.45, 7) is 0.0462. The van der Waals surface area contributed by atoms with Crippen LogP contribution in [-0.2, 0) is 16.2 Å². The predicted molar refractivity (Wildman–Crippen MR) is 96.9 cm³/mol. The van der Waals surface area contributed by atoms with Crippen molar-refractivity contribution >= 4 is 47.1 Å². The van der Waals surface area contributed by atoms with Crippen molar-refractivity contribution in [2.45, 2.75) is 6.61 Å². The fourth-order valence-electron chi connectivity index (χ4n) is 2.36. The zero-order valence-corrected chi connectivity index (χ0v) is 15.0. The zero-order chi connectivity index (χ0) is 19.6. The number of halogens is 3. The van der Waals surface area contributed by atoms with Gasteiger partial charge in [-0.15, -0.1) is 0 Å². The lowest BCUT2D eigenvalue weighted by molar-refractivity contribution is -0.123. The molecule has 3 rings (SSSR count). The van der Waals surface area contributed by atoms with Crippen LogP contribution < -0.4 is 15.4 Å². The Morgan fingerprint density at radius 3 is 2.22 bits per heavy atom. The number of hydrogen-bond acceptors (Lipinski definition) is 4. The van der Waals surface area contributed by atoms with E-state index in [-0.39, 0.29) is 28.0 Å². The van der Waals surface area contributed by atoms with Crippen molar-refractivity contribution in [2.75, 3.05) is 0 Å². The standard InChI is InChI=1S/C18H11Cl2FN2O4/c19-13-6-10(5-12-16(24)22-18(26)23-17(12)25)7-14(20)15(13)27-8-9-2-1-3-11(21)4-9/h1-7H,8H2,(H2,22,23,24,25,26). The number of barbiturate groups is 1. The molecule has 0 atom stereocenters. The number of ether oxygens (including phenoxy) is 1. The number of benzene rings is 2. The summed E-state index contributed by atoms with van der Waals surface area (Å²) in [6, 6.07) is 7.87.